The first-order chi connectivity index (χ1) is 15.4. The molecule has 3 aromatic carbocycles. The lowest BCUT2D eigenvalue weighted by Gasteiger charge is -2.21. The Labute approximate surface area is 186 Å². The highest BCUT2D eigenvalue weighted by Gasteiger charge is 2.34. The van der Waals surface area contributed by atoms with Gasteiger partial charge in [0.25, 0.3) is 0 Å². The average Bonchev–Trinajstić information content (AvgIpc) is 3.20. The van der Waals surface area contributed by atoms with Crippen molar-refractivity contribution < 1.29 is 0 Å². The van der Waals surface area contributed by atoms with E-state index in [1.165, 1.54) is 27.9 Å². The van der Waals surface area contributed by atoms with E-state index >= 15 is 0 Å². The zero-order valence-corrected chi connectivity index (χ0v) is 17.8. The lowest BCUT2D eigenvalue weighted by Crippen LogP contribution is -2.16. The summed E-state index contributed by atoms with van der Waals surface area (Å²) in [4.78, 5) is 11.8. The van der Waals surface area contributed by atoms with Crippen LogP contribution >= 0.6 is 11.8 Å². The molecular formula is C26H22N4S. The van der Waals surface area contributed by atoms with E-state index in [-0.39, 0.29) is 6.04 Å². The Hall–Kier alpha value is -3.31. The van der Waals surface area contributed by atoms with Crippen molar-refractivity contribution in [3.8, 4) is 0 Å². The van der Waals surface area contributed by atoms with Crippen LogP contribution in [0, 0.1) is 0 Å². The van der Waals surface area contributed by atoms with Crippen LogP contribution in [0.15, 0.2) is 90.2 Å². The molecular weight excluding hydrogens is 400 g/mol. The molecule has 6 rings (SSSR count). The Morgan fingerprint density at radius 2 is 1.71 bits per heavy atom. The topological polar surface area (TPSA) is 41.1 Å². The normalized spacial score (nSPS) is 16.3. The highest BCUT2D eigenvalue weighted by Crippen LogP contribution is 2.49. The second-order valence-electron chi connectivity index (χ2n) is 7.90. The Morgan fingerprint density at radius 1 is 0.903 bits per heavy atom. The molecule has 0 fully saturated rings. The van der Waals surface area contributed by atoms with Gasteiger partial charge in [0.05, 0.1) is 11.7 Å². The van der Waals surface area contributed by atoms with Crippen LogP contribution in [0.2, 0.25) is 0 Å². The second-order valence-corrected chi connectivity index (χ2v) is 8.86. The fraction of sp³-hybridized carbons (Fsp3) is 0.154. The van der Waals surface area contributed by atoms with Gasteiger partial charge >= 0.3 is 0 Å². The molecule has 2 aliphatic rings. The number of hydrogen-bond donors (Lipinski definition) is 1. The molecule has 4 nitrogen and oxygen atoms in total. The number of anilines is 3. The SMILES string of the molecule is c1ccc(CSc2ncnc3c2NC(c2ccccc2)c2cccc4c2N3CC4)cc1. The minimum atomic E-state index is 0.0556. The van der Waals surface area contributed by atoms with Crippen molar-refractivity contribution in [1.29, 1.82) is 0 Å². The van der Waals surface area contributed by atoms with E-state index in [4.69, 9.17) is 4.98 Å². The maximum atomic E-state index is 4.75. The molecule has 0 spiro atoms. The number of thioether (sulfide) groups is 1. The zero-order chi connectivity index (χ0) is 20.6. The molecule has 152 valence electrons. The molecule has 5 heteroatoms. The average molecular weight is 423 g/mol. The summed E-state index contributed by atoms with van der Waals surface area (Å²) in [5, 5.41) is 4.84. The van der Waals surface area contributed by atoms with Gasteiger partial charge in [-0.25, -0.2) is 9.97 Å². The van der Waals surface area contributed by atoms with Gasteiger partial charge in [0.1, 0.15) is 17.0 Å². The molecule has 1 unspecified atom stereocenters. The highest BCUT2D eigenvalue weighted by molar-refractivity contribution is 7.98. The Morgan fingerprint density at radius 3 is 2.55 bits per heavy atom. The summed E-state index contributed by atoms with van der Waals surface area (Å²) in [5.74, 6) is 1.86. The van der Waals surface area contributed by atoms with Gasteiger partial charge in [-0.1, -0.05) is 90.6 Å². The number of fused-ring (bicyclic) bond motifs is 2. The molecule has 0 aliphatic carbocycles. The maximum absolute atomic E-state index is 4.75. The third-order valence-corrected chi connectivity index (χ3v) is 7.09. The zero-order valence-electron chi connectivity index (χ0n) is 17.0. The number of aromatic nitrogens is 2. The first kappa shape index (κ1) is 18.5. The van der Waals surface area contributed by atoms with Crippen LogP contribution in [-0.4, -0.2) is 16.5 Å². The monoisotopic (exact) mass is 422 g/mol. The lowest BCUT2D eigenvalue weighted by molar-refractivity contribution is 0.921. The molecule has 1 aromatic heterocycles. The van der Waals surface area contributed by atoms with Gasteiger partial charge in [-0.15, -0.1) is 0 Å². The Kier molecular flexibility index (Phi) is 4.61. The Bertz CT molecular complexity index is 1230. The van der Waals surface area contributed by atoms with Crippen LogP contribution in [0.4, 0.5) is 17.2 Å². The summed E-state index contributed by atoms with van der Waals surface area (Å²) in [6, 6.07) is 28.0. The molecule has 2 aliphatic heterocycles. The van der Waals surface area contributed by atoms with E-state index in [0.29, 0.717) is 0 Å². The van der Waals surface area contributed by atoms with Crippen LogP contribution in [0.5, 0.6) is 0 Å². The number of hydrogen-bond acceptors (Lipinski definition) is 5. The molecule has 0 bridgehead atoms. The molecule has 1 N–H and O–H groups in total. The number of benzene rings is 3. The van der Waals surface area contributed by atoms with Gasteiger partial charge in [0.2, 0.25) is 0 Å². The summed E-state index contributed by atoms with van der Waals surface area (Å²) < 4.78 is 0. The van der Waals surface area contributed by atoms with Crippen molar-refractivity contribution in [1.82, 2.24) is 9.97 Å². The molecule has 1 atom stereocenters. The minimum absolute atomic E-state index is 0.0556. The fourth-order valence-corrected chi connectivity index (χ4v) is 5.50. The largest absolute Gasteiger partial charge is 0.369 e. The van der Waals surface area contributed by atoms with E-state index in [0.717, 1.165) is 35.2 Å². The predicted molar refractivity (Wildman–Crippen MR) is 127 cm³/mol. The molecule has 3 heterocycles. The third kappa shape index (κ3) is 3.26. The van der Waals surface area contributed by atoms with E-state index in [9.17, 15) is 0 Å². The number of para-hydroxylation sites is 1. The van der Waals surface area contributed by atoms with Crippen molar-refractivity contribution >= 4 is 29.0 Å². The van der Waals surface area contributed by atoms with Crippen molar-refractivity contribution in [3.63, 3.8) is 0 Å². The minimum Gasteiger partial charge on any atom is -0.369 e. The van der Waals surface area contributed by atoms with E-state index in [2.05, 4.69) is 94.1 Å². The van der Waals surface area contributed by atoms with Crippen LogP contribution in [0.25, 0.3) is 0 Å². The summed E-state index contributed by atoms with van der Waals surface area (Å²) in [6.07, 6.45) is 2.75. The smallest absolute Gasteiger partial charge is 0.161 e. The molecule has 0 amide bonds. The number of nitrogens with one attached hydrogen (secondary N) is 1. The summed E-state index contributed by atoms with van der Waals surface area (Å²) in [7, 11) is 0. The van der Waals surface area contributed by atoms with Crippen molar-refractivity contribution in [2.24, 2.45) is 0 Å². The van der Waals surface area contributed by atoms with Crippen LogP contribution < -0.4 is 10.2 Å². The van der Waals surface area contributed by atoms with Gasteiger partial charge in [-0.3, -0.25) is 0 Å². The van der Waals surface area contributed by atoms with E-state index < -0.39 is 0 Å². The van der Waals surface area contributed by atoms with E-state index in [1.54, 1.807) is 18.1 Å². The van der Waals surface area contributed by atoms with Crippen LogP contribution in [-0.2, 0) is 12.2 Å². The first-order valence-corrected chi connectivity index (χ1v) is 11.6. The molecule has 0 saturated heterocycles. The number of rotatable bonds is 4. The predicted octanol–water partition coefficient (Wildman–Crippen LogP) is 5.98. The third-order valence-electron chi connectivity index (χ3n) is 6.02. The number of nitrogens with zero attached hydrogens (tertiary/aromatic N) is 3. The highest BCUT2D eigenvalue weighted by atomic mass is 32.2. The summed E-state index contributed by atoms with van der Waals surface area (Å²) >= 11 is 1.76. The molecule has 0 saturated carbocycles. The standard InChI is InChI=1S/C26H22N4S/c1-3-8-18(9-4-1)16-31-26-23-25(27-17-28-26)30-15-14-20-12-7-13-21(24(20)30)22(29-23)19-10-5-2-6-11-19/h1-13,17,22,29H,14-16H2. The van der Waals surface area contributed by atoms with Gasteiger partial charge < -0.3 is 10.2 Å². The first-order valence-electron chi connectivity index (χ1n) is 10.6. The summed E-state index contributed by atoms with van der Waals surface area (Å²) in [6.45, 7) is 0.947. The van der Waals surface area contributed by atoms with Crippen molar-refractivity contribution in [3.05, 3.63) is 107 Å². The van der Waals surface area contributed by atoms with Crippen LogP contribution in [0.3, 0.4) is 0 Å². The maximum Gasteiger partial charge on any atom is 0.161 e. The van der Waals surface area contributed by atoms with Crippen molar-refractivity contribution in [2.45, 2.75) is 23.2 Å². The quantitative estimate of drug-likeness (QED) is 0.324. The van der Waals surface area contributed by atoms with Crippen molar-refractivity contribution in [2.75, 3.05) is 16.8 Å². The Balaban J connectivity index is 1.47. The fourth-order valence-electron chi connectivity index (χ4n) is 4.59. The van der Waals surface area contributed by atoms with Gasteiger partial charge in [-0.05, 0) is 23.1 Å². The lowest BCUT2D eigenvalue weighted by atomic mass is 9.95. The van der Waals surface area contributed by atoms with E-state index in [1.807, 2.05) is 0 Å². The molecule has 0 radical (unpaired) electrons. The van der Waals surface area contributed by atoms with Gasteiger partial charge in [0.15, 0.2) is 5.82 Å². The second kappa shape index (κ2) is 7.75. The molecule has 4 aromatic rings. The molecule has 31 heavy (non-hydrogen) atoms. The van der Waals surface area contributed by atoms with Crippen LogP contribution in [0.1, 0.15) is 28.3 Å². The summed E-state index contributed by atoms with van der Waals surface area (Å²) in [5.41, 5.74) is 7.57. The van der Waals surface area contributed by atoms with Gasteiger partial charge in [-0.2, -0.15) is 0 Å². The van der Waals surface area contributed by atoms with Gasteiger partial charge in [0, 0.05) is 17.9 Å².